The lowest BCUT2D eigenvalue weighted by molar-refractivity contribution is 0.101. The molecule has 0 saturated carbocycles. The molecule has 1 saturated heterocycles. The van der Waals surface area contributed by atoms with Gasteiger partial charge in [0.2, 0.25) is 0 Å². The van der Waals surface area contributed by atoms with Crippen LogP contribution in [0.15, 0.2) is 60.7 Å². The third-order valence-electron chi connectivity index (χ3n) is 5.27. The van der Waals surface area contributed by atoms with Gasteiger partial charge in [-0.1, -0.05) is 49.4 Å². The van der Waals surface area contributed by atoms with Crippen molar-refractivity contribution in [3.8, 4) is 11.4 Å². The normalized spacial score (nSPS) is 16.5. The quantitative estimate of drug-likeness (QED) is 0.601. The van der Waals surface area contributed by atoms with E-state index in [1.54, 1.807) is 6.92 Å². The highest BCUT2D eigenvalue weighted by molar-refractivity contribution is 5.95. The number of aromatic nitrogens is 2. The van der Waals surface area contributed by atoms with E-state index in [2.05, 4.69) is 17.1 Å². The number of piperidine rings is 1. The van der Waals surface area contributed by atoms with Crippen molar-refractivity contribution in [3.63, 3.8) is 0 Å². The highest BCUT2D eigenvalue weighted by Gasteiger charge is 2.19. The topological polar surface area (TPSA) is 58.1 Å². The molecular weight excluding hydrogens is 360 g/mol. The number of anilines is 3. The van der Waals surface area contributed by atoms with Crippen molar-refractivity contribution in [2.45, 2.75) is 26.7 Å². The van der Waals surface area contributed by atoms with Crippen molar-refractivity contribution in [3.05, 3.63) is 66.2 Å². The highest BCUT2D eigenvalue weighted by atomic mass is 16.1. The lowest BCUT2D eigenvalue weighted by atomic mass is 10.0. The summed E-state index contributed by atoms with van der Waals surface area (Å²) in [4.78, 5) is 23.7. The summed E-state index contributed by atoms with van der Waals surface area (Å²) in [6.07, 6.45) is 2.44. The van der Waals surface area contributed by atoms with Crippen LogP contribution in [0.3, 0.4) is 0 Å². The number of rotatable bonds is 5. The Kier molecular flexibility index (Phi) is 5.56. The SMILES string of the molecule is CC(=O)c1cccc(Nc2cc(N3CCCC(C)C3)nc(-c3ccccc3)n2)c1. The van der Waals surface area contributed by atoms with E-state index in [9.17, 15) is 4.79 Å². The van der Waals surface area contributed by atoms with Gasteiger partial charge in [-0.15, -0.1) is 0 Å². The molecule has 5 nitrogen and oxygen atoms in total. The molecular formula is C24H26N4O. The minimum absolute atomic E-state index is 0.0457. The Bertz CT molecular complexity index is 1000. The van der Waals surface area contributed by atoms with Crippen LogP contribution in [0, 0.1) is 5.92 Å². The van der Waals surface area contributed by atoms with Gasteiger partial charge in [0.05, 0.1) is 0 Å². The van der Waals surface area contributed by atoms with Crippen molar-refractivity contribution in [1.29, 1.82) is 0 Å². The number of hydrogen-bond donors (Lipinski definition) is 1. The van der Waals surface area contributed by atoms with Crippen LogP contribution < -0.4 is 10.2 Å². The van der Waals surface area contributed by atoms with Crippen LogP contribution in [-0.4, -0.2) is 28.8 Å². The molecule has 0 radical (unpaired) electrons. The molecule has 1 aliphatic heterocycles. The predicted octanol–water partition coefficient (Wildman–Crippen LogP) is 5.33. The van der Waals surface area contributed by atoms with E-state index in [1.807, 2.05) is 60.7 Å². The molecule has 29 heavy (non-hydrogen) atoms. The van der Waals surface area contributed by atoms with E-state index in [-0.39, 0.29) is 5.78 Å². The average molecular weight is 386 g/mol. The zero-order valence-corrected chi connectivity index (χ0v) is 16.9. The van der Waals surface area contributed by atoms with Gasteiger partial charge in [0.25, 0.3) is 0 Å². The predicted molar refractivity (Wildman–Crippen MR) is 118 cm³/mol. The lowest BCUT2D eigenvalue weighted by Crippen LogP contribution is -2.35. The van der Waals surface area contributed by atoms with Crippen LogP contribution in [0.1, 0.15) is 37.0 Å². The Balaban J connectivity index is 1.71. The second-order valence-corrected chi connectivity index (χ2v) is 7.76. The number of benzene rings is 2. The minimum atomic E-state index is 0.0457. The number of nitrogens with one attached hydrogen (secondary N) is 1. The van der Waals surface area contributed by atoms with Gasteiger partial charge in [-0.2, -0.15) is 0 Å². The molecule has 1 N–H and O–H groups in total. The Morgan fingerprint density at radius 1 is 1.07 bits per heavy atom. The summed E-state index contributed by atoms with van der Waals surface area (Å²) in [6, 6.07) is 19.5. The van der Waals surface area contributed by atoms with E-state index < -0.39 is 0 Å². The number of ketones is 1. The number of carbonyl (C=O) groups is 1. The van der Waals surface area contributed by atoms with Crippen molar-refractivity contribution in [1.82, 2.24) is 9.97 Å². The van der Waals surface area contributed by atoms with Crippen molar-refractivity contribution in [2.24, 2.45) is 5.92 Å². The maximum Gasteiger partial charge on any atom is 0.163 e. The summed E-state index contributed by atoms with van der Waals surface area (Å²) in [5, 5.41) is 3.37. The molecule has 3 aromatic rings. The molecule has 0 spiro atoms. The Hall–Kier alpha value is -3.21. The Morgan fingerprint density at radius 2 is 1.90 bits per heavy atom. The van der Waals surface area contributed by atoms with Gasteiger partial charge in [-0.25, -0.2) is 9.97 Å². The standard InChI is InChI=1S/C24H26N4O/c1-17-8-7-13-28(16-17)23-15-22(25-21-12-6-11-20(14-21)18(2)29)26-24(27-23)19-9-4-3-5-10-19/h3-6,9-12,14-15,17H,7-8,13,16H2,1-2H3,(H,25,26,27). The zero-order chi connectivity index (χ0) is 20.2. The second kappa shape index (κ2) is 8.43. The highest BCUT2D eigenvalue weighted by Crippen LogP contribution is 2.28. The number of carbonyl (C=O) groups excluding carboxylic acids is 1. The largest absolute Gasteiger partial charge is 0.356 e. The molecule has 1 fully saturated rings. The fourth-order valence-corrected chi connectivity index (χ4v) is 3.74. The fraction of sp³-hybridized carbons (Fsp3) is 0.292. The monoisotopic (exact) mass is 386 g/mol. The number of nitrogens with zero attached hydrogens (tertiary/aromatic N) is 3. The molecule has 148 valence electrons. The summed E-state index contributed by atoms with van der Waals surface area (Å²) < 4.78 is 0. The van der Waals surface area contributed by atoms with E-state index in [1.165, 1.54) is 12.8 Å². The smallest absolute Gasteiger partial charge is 0.163 e. The zero-order valence-electron chi connectivity index (χ0n) is 16.9. The summed E-state index contributed by atoms with van der Waals surface area (Å²) in [6.45, 7) is 5.88. The van der Waals surface area contributed by atoms with Gasteiger partial charge in [0, 0.05) is 36.0 Å². The Morgan fingerprint density at radius 3 is 2.66 bits per heavy atom. The maximum absolute atomic E-state index is 11.7. The van der Waals surface area contributed by atoms with Crippen molar-refractivity contribution in [2.75, 3.05) is 23.3 Å². The van der Waals surface area contributed by atoms with Crippen LogP contribution in [0.2, 0.25) is 0 Å². The van der Waals surface area contributed by atoms with Crippen LogP contribution in [0.4, 0.5) is 17.3 Å². The maximum atomic E-state index is 11.7. The van der Waals surface area contributed by atoms with Crippen molar-refractivity contribution >= 4 is 23.1 Å². The fourth-order valence-electron chi connectivity index (χ4n) is 3.74. The van der Waals surface area contributed by atoms with Gasteiger partial charge < -0.3 is 10.2 Å². The van der Waals surface area contributed by atoms with Crippen molar-refractivity contribution < 1.29 is 4.79 Å². The molecule has 1 atom stereocenters. The first-order chi connectivity index (χ1) is 14.1. The minimum Gasteiger partial charge on any atom is -0.356 e. The van der Waals surface area contributed by atoms with E-state index in [4.69, 9.17) is 9.97 Å². The number of hydrogen-bond acceptors (Lipinski definition) is 5. The van der Waals surface area contributed by atoms with Gasteiger partial charge >= 0.3 is 0 Å². The van der Waals surface area contributed by atoms with Crippen LogP contribution >= 0.6 is 0 Å². The molecule has 2 heterocycles. The third kappa shape index (κ3) is 4.62. The Labute approximate surface area is 171 Å². The molecule has 5 heteroatoms. The van der Waals surface area contributed by atoms with Gasteiger partial charge in [0.15, 0.2) is 11.6 Å². The second-order valence-electron chi connectivity index (χ2n) is 7.76. The summed E-state index contributed by atoms with van der Waals surface area (Å²) in [5.41, 5.74) is 2.51. The first kappa shape index (κ1) is 19.1. The van der Waals surface area contributed by atoms with Gasteiger partial charge in [0.1, 0.15) is 11.6 Å². The van der Waals surface area contributed by atoms with Gasteiger partial charge in [-0.3, -0.25) is 4.79 Å². The van der Waals surface area contributed by atoms with E-state index in [0.29, 0.717) is 17.3 Å². The van der Waals surface area contributed by atoms with Crippen LogP contribution in [-0.2, 0) is 0 Å². The van der Waals surface area contributed by atoms with E-state index in [0.717, 1.165) is 36.0 Å². The first-order valence-electron chi connectivity index (χ1n) is 10.2. The molecule has 0 bridgehead atoms. The molecule has 0 aliphatic carbocycles. The van der Waals surface area contributed by atoms with Crippen LogP contribution in [0.5, 0.6) is 0 Å². The molecule has 1 unspecified atom stereocenters. The molecule has 2 aromatic carbocycles. The van der Waals surface area contributed by atoms with Gasteiger partial charge in [-0.05, 0) is 37.8 Å². The lowest BCUT2D eigenvalue weighted by Gasteiger charge is -2.32. The molecule has 1 aliphatic rings. The summed E-state index contributed by atoms with van der Waals surface area (Å²) >= 11 is 0. The average Bonchev–Trinajstić information content (AvgIpc) is 2.74. The van der Waals surface area contributed by atoms with Crippen LogP contribution in [0.25, 0.3) is 11.4 Å². The third-order valence-corrected chi connectivity index (χ3v) is 5.27. The van der Waals surface area contributed by atoms with E-state index >= 15 is 0 Å². The number of Topliss-reactive ketones (excluding diaryl/α,β-unsaturated/α-hetero) is 1. The molecule has 1 aromatic heterocycles. The summed E-state index contributed by atoms with van der Waals surface area (Å²) in [7, 11) is 0. The first-order valence-corrected chi connectivity index (χ1v) is 10.2. The summed E-state index contributed by atoms with van der Waals surface area (Å²) in [5.74, 6) is 3.07. The molecule has 0 amide bonds. The molecule has 4 rings (SSSR count).